The number of nitrogens with one attached hydrogen (secondary N) is 2. The number of benzene rings is 3. The number of aromatic amines is 1. The molecule has 0 radical (unpaired) electrons. The van der Waals surface area contributed by atoms with Crippen LogP contribution in [0.2, 0.25) is 5.02 Å². The summed E-state index contributed by atoms with van der Waals surface area (Å²) < 4.78 is 52.8. The van der Waals surface area contributed by atoms with Gasteiger partial charge in [-0.3, -0.25) is 5.10 Å². The van der Waals surface area contributed by atoms with Crippen molar-refractivity contribution in [2.24, 2.45) is 0 Å². The van der Waals surface area contributed by atoms with Gasteiger partial charge >= 0.3 is 6.18 Å². The molecule has 0 unspecified atom stereocenters. The van der Waals surface area contributed by atoms with Gasteiger partial charge in [0, 0.05) is 17.0 Å². The molecule has 1 heterocycles. The second kappa shape index (κ2) is 7.40. The summed E-state index contributed by atoms with van der Waals surface area (Å²) in [4.78, 5) is 0. The Kier molecular flexibility index (Phi) is 4.92. The van der Waals surface area contributed by atoms with Gasteiger partial charge in [-0.1, -0.05) is 48.0 Å². The van der Waals surface area contributed by atoms with Crippen LogP contribution in [-0.4, -0.2) is 10.2 Å². The Morgan fingerprint density at radius 2 is 1.72 bits per heavy atom. The number of hydrogen-bond donors (Lipinski definition) is 2. The van der Waals surface area contributed by atoms with Gasteiger partial charge in [0.05, 0.1) is 5.56 Å². The average Bonchev–Trinajstić information content (AvgIpc) is 3.10. The first-order valence-corrected chi connectivity index (χ1v) is 9.03. The Morgan fingerprint density at radius 3 is 2.41 bits per heavy atom. The maximum Gasteiger partial charge on any atom is 0.416 e. The molecule has 148 valence electrons. The van der Waals surface area contributed by atoms with E-state index in [2.05, 4.69) is 15.5 Å². The molecular weight excluding hydrogens is 406 g/mol. The first-order valence-electron chi connectivity index (χ1n) is 8.65. The van der Waals surface area contributed by atoms with Gasteiger partial charge in [-0.2, -0.15) is 18.3 Å². The summed E-state index contributed by atoms with van der Waals surface area (Å²) in [6.45, 7) is 0.133. The molecule has 3 nitrogen and oxygen atoms in total. The van der Waals surface area contributed by atoms with Gasteiger partial charge in [-0.25, -0.2) is 4.39 Å². The van der Waals surface area contributed by atoms with E-state index in [4.69, 9.17) is 11.6 Å². The molecule has 0 atom stereocenters. The standard InChI is InChI=1S/C21H14ClF4N3/c22-17-10-15(21(24,25)26)7-6-13(17)11-27-20-16-8-14(12-4-2-1-3-5-12)9-18(23)19(16)28-29-20/h1-10H,11H2,(H2,27,28,29). The molecule has 0 aliphatic rings. The normalized spacial score (nSPS) is 11.8. The van der Waals surface area contributed by atoms with E-state index in [1.54, 1.807) is 6.07 Å². The average molecular weight is 420 g/mol. The molecule has 0 bridgehead atoms. The summed E-state index contributed by atoms with van der Waals surface area (Å²) in [5.41, 5.74) is 1.44. The summed E-state index contributed by atoms with van der Waals surface area (Å²) in [6.07, 6.45) is -4.46. The smallest absolute Gasteiger partial charge is 0.364 e. The Bertz CT molecular complexity index is 1170. The molecule has 29 heavy (non-hydrogen) atoms. The van der Waals surface area contributed by atoms with Crippen molar-refractivity contribution in [3.63, 3.8) is 0 Å². The van der Waals surface area contributed by atoms with E-state index in [9.17, 15) is 17.6 Å². The highest BCUT2D eigenvalue weighted by Gasteiger charge is 2.30. The van der Waals surface area contributed by atoms with Gasteiger partial charge in [0.15, 0.2) is 5.82 Å². The van der Waals surface area contributed by atoms with Crippen molar-refractivity contribution in [1.82, 2.24) is 10.2 Å². The third kappa shape index (κ3) is 3.91. The Morgan fingerprint density at radius 1 is 0.966 bits per heavy atom. The van der Waals surface area contributed by atoms with Crippen LogP contribution in [0.4, 0.5) is 23.4 Å². The third-order valence-corrected chi connectivity index (χ3v) is 4.91. The Balaban J connectivity index is 1.63. The van der Waals surface area contributed by atoms with E-state index >= 15 is 0 Å². The van der Waals surface area contributed by atoms with Crippen molar-refractivity contribution in [2.75, 3.05) is 5.32 Å². The van der Waals surface area contributed by atoms with E-state index in [0.717, 1.165) is 17.7 Å². The van der Waals surface area contributed by atoms with Gasteiger partial charge in [0.2, 0.25) is 0 Å². The molecular formula is C21H14ClF4N3. The van der Waals surface area contributed by atoms with E-state index < -0.39 is 17.6 Å². The summed E-state index contributed by atoms with van der Waals surface area (Å²) in [5.74, 6) is -0.0675. The molecule has 3 aromatic carbocycles. The van der Waals surface area contributed by atoms with Crippen LogP contribution in [0.3, 0.4) is 0 Å². The second-order valence-electron chi connectivity index (χ2n) is 6.48. The van der Waals surface area contributed by atoms with Crippen molar-refractivity contribution in [1.29, 1.82) is 0 Å². The lowest BCUT2D eigenvalue weighted by molar-refractivity contribution is -0.137. The molecule has 0 saturated heterocycles. The van der Waals surface area contributed by atoms with Crippen molar-refractivity contribution >= 4 is 28.3 Å². The minimum absolute atomic E-state index is 0.0108. The number of alkyl halides is 3. The number of fused-ring (bicyclic) bond motifs is 1. The van der Waals surface area contributed by atoms with Crippen LogP contribution in [0.5, 0.6) is 0 Å². The number of H-pyrrole nitrogens is 1. The minimum atomic E-state index is -4.46. The molecule has 0 aliphatic heterocycles. The highest BCUT2D eigenvalue weighted by Crippen LogP contribution is 2.33. The number of rotatable bonds is 4. The SMILES string of the molecule is Fc1cc(-c2ccccc2)cc2c(NCc3ccc(C(F)(F)F)cc3Cl)n[nH]c12. The van der Waals surface area contributed by atoms with Crippen LogP contribution in [0.15, 0.2) is 60.7 Å². The van der Waals surface area contributed by atoms with E-state index in [1.807, 2.05) is 30.3 Å². The summed E-state index contributed by atoms with van der Waals surface area (Å²) >= 11 is 6.00. The lowest BCUT2D eigenvalue weighted by atomic mass is 10.0. The lowest BCUT2D eigenvalue weighted by Gasteiger charge is -2.11. The Hall–Kier alpha value is -3.06. The zero-order valence-electron chi connectivity index (χ0n) is 14.8. The van der Waals surface area contributed by atoms with Crippen LogP contribution in [0.25, 0.3) is 22.0 Å². The van der Waals surface area contributed by atoms with Crippen molar-refractivity contribution in [3.8, 4) is 11.1 Å². The van der Waals surface area contributed by atoms with E-state index in [1.165, 1.54) is 12.1 Å². The first-order chi connectivity index (χ1) is 13.8. The summed E-state index contributed by atoms with van der Waals surface area (Å²) in [5, 5.41) is 10.3. The van der Waals surface area contributed by atoms with Crippen molar-refractivity contribution in [2.45, 2.75) is 12.7 Å². The fourth-order valence-electron chi connectivity index (χ4n) is 3.06. The predicted octanol–water partition coefficient (Wildman–Crippen LogP) is 6.65. The molecule has 4 aromatic rings. The van der Waals surface area contributed by atoms with Crippen molar-refractivity contribution in [3.05, 3.63) is 82.6 Å². The van der Waals surface area contributed by atoms with Gasteiger partial charge in [0.1, 0.15) is 11.3 Å². The first kappa shape index (κ1) is 19.3. The maximum atomic E-state index is 14.5. The van der Waals surface area contributed by atoms with Crippen molar-refractivity contribution < 1.29 is 17.6 Å². The molecule has 0 fully saturated rings. The second-order valence-corrected chi connectivity index (χ2v) is 6.88. The number of anilines is 1. The molecule has 8 heteroatoms. The number of nitrogens with zero attached hydrogens (tertiary/aromatic N) is 1. The van der Waals surface area contributed by atoms with Gasteiger partial charge in [-0.15, -0.1) is 0 Å². The highest BCUT2D eigenvalue weighted by atomic mass is 35.5. The van der Waals surface area contributed by atoms with Gasteiger partial charge in [-0.05, 0) is 41.0 Å². The lowest BCUT2D eigenvalue weighted by Crippen LogP contribution is -2.06. The summed E-state index contributed by atoms with van der Waals surface area (Å²) in [7, 11) is 0. The quantitative estimate of drug-likeness (QED) is 0.363. The molecule has 0 spiro atoms. The topological polar surface area (TPSA) is 40.7 Å². The zero-order valence-corrected chi connectivity index (χ0v) is 15.6. The van der Waals surface area contributed by atoms with Gasteiger partial charge < -0.3 is 5.32 Å². The predicted molar refractivity (Wildman–Crippen MR) is 105 cm³/mol. The van der Waals surface area contributed by atoms with Crippen LogP contribution in [0.1, 0.15) is 11.1 Å². The molecule has 0 saturated carbocycles. The fraction of sp³-hybridized carbons (Fsp3) is 0.0952. The number of hydrogen-bond acceptors (Lipinski definition) is 2. The molecule has 4 rings (SSSR count). The monoisotopic (exact) mass is 419 g/mol. The molecule has 0 amide bonds. The Labute approximate surface area is 168 Å². The van der Waals surface area contributed by atoms with Crippen LogP contribution in [-0.2, 0) is 12.7 Å². The third-order valence-electron chi connectivity index (χ3n) is 4.56. The van der Waals surface area contributed by atoms with Crippen LogP contribution in [0, 0.1) is 5.82 Å². The fourth-order valence-corrected chi connectivity index (χ4v) is 3.30. The zero-order chi connectivity index (χ0) is 20.6. The van der Waals surface area contributed by atoms with Crippen LogP contribution >= 0.6 is 11.6 Å². The largest absolute Gasteiger partial charge is 0.416 e. The molecule has 2 N–H and O–H groups in total. The molecule has 0 aliphatic carbocycles. The maximum absolute atomic E-state index is 14.5. The molecule has 1 aromatic heterocycles. The minimum Gasteiger partial charge on any atom is -0.364 e. The van der Waals surface area contributed by atoms with E-state index in [-0.39, 0.29) is 17.1 Å². The highest BCUT2D eigenvalue weighted by molar-refractivity contribution is 6.31. The number of aromatic nitrogens is 2. The number of halogens is 5. The summed E-state index contributed by atoms with van der Waals surface area (Å²) in [6, 6.07) is 15.7. The van der Waals surface area contributed by atoms with E-state index in [0.29, 0.717) is 22.3 Å². The van der Waals surface area contributed by atoms with Gasteiger partial charge in [0.25, 0.3) is 0 Å². The van der Waals surface area contributed by atoms with Crippen LogP contribution < -0.4 is 5.32 Å².